The molecule has 23 heavy (non-hydrogen) atoms. The van der Waals surface area contributed by atoms with Crippen molar-refractivity contribution in [1.29, 1.82) is 0 Å². The summed E-state index contributed by atoms with van der Waals surface area (Å²) >= 11 is 1.72. The lowest BCUT2D eigenvalue weighted by Crippen LogP contribution is -2.10. The van der Waals surface area contributed by atoms with Crippen molar-refractivity contribution >= 4 is 39.4 Å². The Bertz CT molecular complexity index is 899. The highest BCUT2D eigenvalue weighted by molar-refractivity contribution is 7.19. The first-order chi connectivity index (χ1) is 11.3. The monoisotopic (exact) mass is 321 g/mol. The number of aromatic nitrogens is 2. The van der Waals surface area contributed by atoms with E-state index in [4.69, 9.17) is 0 Å². The molecule has 0 saturated heterocycles. The lowest BCUT2D eigenvalue weighted by atomic mass is 10.2. The molecule has 1 N–H and O–H groups in total. The van der Waals surface area contributed by atoms with Crippen LogP contribution in [-0.2, 0) is 17.6 Å². The maximum atomic E-state index is 12.2. The van der Waals surface area contributed by atoms with Gasteiger partial charge in [0.25, 0.3) is 0 Å². The van der Waals surface area contributed by atoms with Gasteiger partial charge in [-0.05, 0) is 36.5 Å². The number of nitrogens with zero attached hydrogens (tertiary/aromatic N) is 2. The zero-order valence-corrected chi connectivity index (χ0v) is 13.3. The van der Waals surface area contributed by atoms with Gasteiger partial charge in [0.2, 0.25) is 5.91 Å². The van der Waals surface area contributed by atoms with Gasteiger partial charge in [0.1, 0.15) is 17.0 Å². The van der Waals surface area contributed by atoms with Gasteiger partial charge in [-0.3, -0.25) is 4.79 Å². The van der Waals surface area contributed by atoms with Crippen molar-refractivity contribution in [2.24, 2.45) is 0 Å². The van der Waals surface area contributed by atoms with Crippen LogP contribution in [0.2, 0.25) is 0 Å². The average molecular weight is 321 g/mol. The first kappa shape index (κ1) is 14.1. The number of anilines is 1. The molecule has 0 fully saturated rings. The Kier molecular flexibility index (Phi) is 3.63. The van der Waals surface area contributed by atoms with E-state index in [1.807, 2.05) is 30.3 Å². The predicted molar refractivity (Wildman–Crippen MR) is 93.5 cm³/mol. The second-order valence-electron chi connectivity index (χ2n) is 5.49. The Morgan fingerprint density at radius 2 is 2.04 bits per heavy atom. The number of nitrogens with one attached hydrogen (secondary N) is 1. The first-order valence-corrected chi connectivity index (χ1v) is 8.42. The summed E-state index contributed by atoms with van der Waals surface area (Å²) in [4.78, 5) is 23.2. The molecule has 0 saturated carbocycles. The number of benzene rings is 1. The molecule has 5 heteroatoms. The minimum Gasteiger partial charge on any atom is -0.306 e. The highest BCUT2D eigenvalue weighted by Gasteiger charge is 2.21. The fraction of sp³-hybridized carbons (Fsp3) is 0.167. The topological polar surface area (TPSA) is 54.9 Å². The van der Waals surface area contributed by atoms with Crippen molar-refractivity contribution in [2.75, 3.05) is 5.32 Å². The molecular formula is C18H15N3OS. The number of amides is 1. The fourth-order valence-electron chi connectivity index (χ4n) is 2.92. The third-order valence-electron chi connectivity index (χ3n) is 3.97. The summed E-state index contributed by atoms with van der Waals surface area (Å²) in [6.07, 6.45) is 8.18. The number of thiophene rings is 1. The summed E-state index contributed by atoms with van der Waals surface area (Å²) < 4.78 is 0. The maximum Gasteiger partial charge on any atom is 0.249 e. The Morgan fingerprint density at radius 1 is 1.17 bits per heavy atom. The zero-order valence-electron chi connectivity index (χ0n) is 12.5. The highest BCUT2D eigenvalue weighted by atomic mass is 32.1. The predicted octanol–water partition coefficient (Wildman–Crippen LogP) is 3.83. The zero-order chi connectivity index (χ0) is 15.6. The molecule has 1 amide bonds. The molecule has 4 nitrogen and oxygen atoms in total. The van der Waals surface area contributed by atoms with E-state index >= 15 is 0 Å². The Hall–Kier alpha value is -2.53. The van der Waals surface area contributed by atoms with Gasteiger partial charge in [-0.25, -0.2) is 9.97 Å². The second kappa shape index (κ2) is 5.93. The standard InChI is InChI=1S/C18H15N3OS/c22-15(10-9-12-5-2-1-3-6-12)21-17-16-13-7-4-8-14(13)23-18(16)20-11-19-17/h1-3,5-6,9-11H,4,7-8H2,(H,19,20,21,22). The number of rotatable bonds is 3. The molecule has 0 bridgehead atoms. The summed E-state index contributed by atoms with van der Waals surface area (Å²) in [6.45, 7) is 0. The summed E-state index contributed by atoms with van der Waals surface area (Å²) in [5, 5.41) is 3.92. The van der Waals surface area contributed by atoms with Crippen LogP contribution in [0.1, 0.15) is 22.4 Å². The van der Waals surface area contributed by atoms with E-state index in [1.165, 1.54) is 29.3 Å². The smallest absolute Gasteiger partial charge is 0.249 e. The van der Waals surface area contributed by atoms with Crippen LogP contribution in [0.3, 0.4) is 0 Å². The van der Waals surface area contributed by atoms with Crippen molar-refractivity contribution in [3.05, 3.63) is 58.7 Å². The van der Waals surface area contributed by atoms with Crippen molar-refractivity contribution < 1.29 is 4.79 Å². The van der Waals surface area contributed by atoms with Gasteiger partial charge >= 0.3 is 0 Å². The van der Waals surface area contributed by atoms with E-state index in [0.717, 1.165) is 28.6 Å². The Morgan fingerprint density at radius 3 is 2.91 bits per heavy atom. The van der Waals surface area contributed by atoms with Crippen molar-refractivity contribution in [3.8, 4) is 0 Å². The summed E-state index contributed by atoms with van der Waals surface area (Å²) in [7, 11) is 0. The van der Waals surface area contributed by atoms with Crippen molar-refractivity contribution in [1.82, 2.24) is 9.97 Å². The lowest BCUT2D eigenvalue weighted by Gasteiger charge is -2.04. The third kappa shape index (κ3) is 2.75. The van der Waals surface area contributed by atoms with E-state index < -0.39 is 0 Å². The Labute approximate surface area is 137 Å². The normalized spacial score (nSPS) is 13.6. The molecule has 1 aliphatic carbocycles. The molecule has 0 unspecified atom stereocenters. The molecule has 0 aliphatic heterocycles. The minimum atomic E-state index is -0.174. The van der Waals surface area contributed by atoms with Gasteiger partial charge < -0.3 is 5.32 Å². The average Bonchev–Trinajstić information content (AvgIpc) is 3.15. The van der Waals surface area contributed by atoms with E-state index in [2.05, 4.69) is 15.3 Å². The molecule has 2 heterocycles. The third-order valence-corrected chi connectivity index (χ3v) is 5.17. The van der Waals surface area contributed by atoms with Crippen molar-refractivity contribution in [2.45, 2.75) is 19.3 Å². The molecule has 1 aromatic carbocycles. The summed E-state index contributed by atoms with van der Waals surface area (Å²) in [5.74, 6) is 0.448. The van der Waals surface area contributed by atoms with Crippen LogP contribution in [0.25, 0.3) is 16.3 Å². The van der Waals surface area contributed by atoms with Gasteiger partial charge in [-0.1, -0.05) is 30.3 Å². The number of hydrogen-bond donors (Lipinski definition) is 1. The number of carbonyl (C=O) groups excluding carboxylic acids is 1. The Balaban J connectivity index is 1.60. The molecule has 0 atom stereocenters. The molecule has 0 radical (unpaired) electrons. The van der Waals surface area contributed by atoms with E-state index in [1.54, 1.807) is 17.4 Å². The van der Waals surface area contributed by atoms with Crippen LogP contribution in [0, 0.1) is 0 Å². The van der Waals surface area contributed by atoms with Gasteiger partial charge in [-0.2, -0.15) is 0 Å². The highest BCUT2D eigenvalue weighted by Crippen LogP contribution is 2.38. The second-order valence-corrected chi connectivity index (χ2v) is 6.58. The van der Waals surface area contributed by atoms with Gasteiger partial charge in [0, 0.05) is 11.0 Å². The number of fused-ring (bicyclic) bond motifs is 3. The van der Waals surface area contributed by atoms with Gasteiger partial charge in [0.15, 0.2) is 0 Å². The summed E-state index contributed by atoms with van der Waals surface area (Å²) in [6, 6.07) is 9.75. The molecule has 4 rings (SSSR count). The number of carbonyl (C=O) groups is 1. The van der Waals surface area contributed by atoms with Crippen LogP contribution >= 0.6 is 11.3 Å². The quantitative estimate of drug-likeness (QED) is 0.746. The van der Waals surface area contributed by atoms with Crippen molar-refractivity contribution in [3.63, 3.8) is 0 Å². The summed E-state index contributed by atoms with van der Waals surface area (Å²) in [5.41, 5.74) is 2.31. The lowest BCUT2D eigenvalue weighted by molar-refractivity contribution is -0.111. The van der Waals surface area contributed by atoms with Crippen LogP contribution in [-0.4, -0.2) is 15.9 Å². The first-order valence-electron chi connectivity index (χ1n) is 7.60. The molecule has 114 valence electrons. The largest absolute Gasteiger partial charge is 0.306 e. The number of hydrogen-bond acceptors (Lipinski definition) is 4. The van der Waals surface area contributed by atoms with E-state index in [-0.39, 0.29) is 5.91 Å². The van der Waals surface area contributed by atoms with Gasteiger partial charge in [-0.15, -0.1) is 11.3 Å². The van der Waals surface area contributed by atoms with Gasteiger partial charge in [0.05, 0.1) is 5.39 Å². The molecule has 1 aliphatic rings. The molecule has 2 aromatic heterocycles. The fourth-order valence-corrected chi connectivity index (χ4v) is 4.15. The SMILES string of the molecule is O=C(C=Cc1ccccc1)Nc1ncnc2sc3c(c12)CCC3. The van der Waals surface area contributed by atoms with E-state index in [9.17, 15) is 4.79 Å². The van der Waals surface area contributed by atoms with Crippen LogP contribution in [0.15, 0.2) is 42.7 Å². The van der Waals surface area contributed by atoms with E-state index in [0.29, 0.717) is 5.82 Å². The molecule has 0 spiro atoms. The molecular weight excluding hydrogens is 306 g/mol. The maximum absolute atomic E-state index is 12.2. The van der Waals surface area contributed by atoms with Crippen LogP contribution in [0.4, 0.5) is 5.82 Å². The van der Waals surface area contributed by atoms with Crippen LogP contribution < -0.4 is 5.32 Å². The molecule has 3 aromatic rings. The minimum absolute atomic E-state index is 0.174. The van der Waals surface area contributed by atoms with Crippen LogP contribution in [0.5, 0.6) is 0 Å². The number of aryl methyl sites for hydroxylation is 2.